The average molecular weight is 342 g/mol. The molecule has 2 aromatic rings. The molecule has 0 spiro atoms. The minimum atomic E-state index is -0.272. The largest absolute Gasteiger partial charge is 0.378 e. The van der Waals surface area contributed by atoms with Crippen molar-refractivity contribution in [2.75, 3.05) is 33.4 Å². The van der Waals surface area contributed by atoms with Crippen LogP contribution in [0.3, 0.4) is 0 Å². The number of aromatic nitrogens is 2. The van der Waals surface area contributed by atoms with Gasteiger partial charge in [-0.3, -0.25) is 9.59 Å². The van der Waals surface area contributed by atoms with Crippen molar-refractivity contribution in [3.63, 3.8) is 0 Å². The van der Waals surface area contributed by atoms with Crippen LogP contribution < -0.4 is 0 Å². The Hall–Kier alpha value is -2.41. The highest BCUT2D eigenvalue weighted by molar-refractivity contribution is 5.83. The molecule has 2 aliphatic heterocycles. The van der Waals surface area contributed by atoms with E-state index in [-0.39, 0.29) is 30.2 Å². The Morgan fingerprint density at radius 2 is 2.20 bits per heavy atom. The van der Waals surface area contributed by atoms with Crippen molar-refractivity contribution < 1.29 is 14.3 Å². The van der Waals surface area contributed by atoms with E-state index in [0.29, 0.717) is 26.3 Å². The molecule has 7 heteroatoms. The summed E-state index contributed by atoms with van der Waals surface area (Å²) in [5, 5.41) is 0. The van der Waals surface area contributed by atoms with Crippen LogP contribution in [-0.4, -0.2) is 70.4 Å². The second-order valence-electron chi connectivity index (χ2n) is 6.95. The third-order valence-electron chi connectivity index (χ3n) is 5.24. The molecule has 2 fully saturated rings. The van der Waals surface area contributed by atoms with E-state index in [1.54, 1.807) is 18.1 Å². The molecular formula is C18H22N4O3. The molecule has 2 aliphatic rings. The highest BCUT2D eigenvalue weighted by atomic mass is 16.5. The van der Waals surface area contributed by atoms with Crippen molar-refractivity contribution in [2.24, 2.45) is 5.92 Å². The van der Waals surface area contributed by atoms with Crippen LogP contribution in [0.5, 0.6) is 0 Å². The number of carbonyl (C=O) groups is 2. The second kappa shape index (κ2) is 6.15. The summed E-state index contributed by atoms with van der Waals surface area (Å²) in [4.78, 5) is 33.3. The molecule has 2 bridgehead atoms. The number of carbonyl (C=O) groups excluding carboxylic acids is 2. The fourth-order valence-corrected chi connectivity index (χ4v) is 3.70. The zero-order valence-electron chi connectivity index (χ0n) is 14.5. The summed E-state index contributed by atoms with van der Waals surface area (Å²) in [6.07, 6.45) is 3.97. The summed E-state index contributed by atoms with van der Waals surface area (Å²) >= 11 is 0. The topological polar surface area (TPSA) is 67.2 Å². The number of aryl methyl sites for hydroxylation is 1. The molecule has 2 atom stereocenters. The minimum Gasteiger partial charge on any atom is -0.378 e. The number of pyridine rings is 1. The lowest BCUT2D eigenvalue weighted by Crippen LogP contribution is -2.45. The summed E-state index contributed by atoms with van der Waals surface area (Å²) < 4.78 is 7.56. The number of hydrogen-bond acceptors (Lipinski definition) is 4. The van der Waals surface area contributed by atoms with Gasteiger partial charge in [-0.15, -0.1) is 0 Å². The molecule has 2 aromatic heterocycles. The number of fused-ring (bicyclic) bond motifs is 4. The maximum atomic E-state index is 12.9. The van der Waals surface area contributed by atoms with Crippen LogP contribution in [0.1, 0.15) is 11.3 Å². The SMILES string of the molecule is Cc1cccn2c(CC(=O)N3C[C@@H]4COC[C@H](C3)N(C)C4=O)cnc12. The number of imidazole rings is 1. The van der Waals surface area contributed by atoms with Crippen LogP contribution in [0.25, 0.3) is 5.65 Å². The van der Waals surface area contributed by atoms with Gasteiger partial charge in [-0.05, 0) is 18.6 Å². The molecule has 4 heterocycles. The zero-order valence-corrected chi connectivity index (χ0v) is 14.5. The highest BCUT2D eigenvalue weighted by Crippen LogP contribution is 2.21. The molecule has 0 saturated carbocycles. The first kappa shape index (κ1) is 16.1. The lowest BCUT2D eigenvalue weighted by atomic mass is 10.1. The van der Waals surface area contributed by atoms with Crippen molar-refractivity contribution >= 4 is 17.5 Å². The number of ether oxygens (including phenoxy) is 1. The number of nitrogens with zero attached hydrogens (tertiary/aromatic N) is 4. The molecule has 0 radical (unpaired) electrons. The van der Waals surface area contributed by atoms with Crippen LogP contribution in [0.2, 0.25) is 0 Å². The highest BCUT2D eigenvalue weighted by Gasteiger charge is 2.38. The fraction of sp³-hybridized carbons (Fsp3) is 0.500. The number of rotatable bonds is 2. The molecule has 7 nitrogen and oxygen atoms in total. The van der Waals surface area contributed by atoms with Gasteiger partial charge in [0.15, 0.2) is 0 Å². The van der Waals surface area contributed by atoms with Crippen LogP contribution >= 0.6 is 0 Å². The lowest BCUT2D eigenvalue weighted by molar-refractivity contribution is -0.134. The molecule has 0 aromatic carbocycles. The Labute approximate surface area is 146 Å². The summed E-state index contributed by atoms with van der Waals surface area (Å²) in [6, 6.07) is 3.89. The van der Waals surface area contributed by atoms with Gasteiger partial charge in [0.2, 0.25) is 11.8 Å². The van der Waals surface area contributed by atoms with Crippen molar-refractivity contribution in [1.82, 2.24) is 19.2 Å². The van der Waals surface area contributed by atoms with Crippen LogP contribution in [0.4, 0.5) is 0 Å². The molecule has 0 aliphatic carbocycles. The van der Waals surface area contributed by atoms with Gasteiger partial charge in [0, 0.05) is 32.5 Å². The van der Waals surface area contributed by atoms with Gasteiger partial charge in [0.1, 0.15) is 5.65 Å². The third kappa shape index (κ3) is 2.78. The van der Waals surface area contributed by atoms with E-state index in [1.807, 2.05) is 34.6 Å². The van der Waals surface area contributed by atoms with E-state index < -0.39 is 0 Å². The van der Waals surface area contributed by atoms with Gasteiger partial charge in [-0.1, -0.05) is 6.07 Å². The maximum absolute atomic E-state index is 12.9. The third-order valence-corrected chi connectivity index (χ3v) is 5.24. The van der Waals surface area contributed by atoms with E-state index >= 15 is 0 Å². The molecule has 2 saturated heterocycles. The van der Waals surface area contributed by atoms with Gasteiger partial charge < -0.3 is 18.9 Å². The van der Waals surface area contributed by atoms with E-state index in [2.05, 4.69) is 4.98 Å². The fourth-order valence-electron chi connectivity index (χ4n) is 3.70. The molecule has 0 N–H and O–H groups in total. The van der Waals surface area contributed by atoms with Crippen molar-refractivity contribution in [1.29, 1.82) is 0 Å². The number of amides is 2. The smallest absolute Gasteiger partial charge is 0.229 e. The predicted molar refractivity (Wildman–Crippen MR) is 91.1 cm³/mol. The summed E-state index contributed by atoms with van der Waals surface area (Å²) in [7, 11) is 1.80. The molecule has 4 rings (SSSR count). The molecule has 2 amide bonds. The Morgan fingerprint density at radius 3 is 3.04 bits per heavy atom. The first-order valence-electron chi connectivity index (χ1n) is 8.58. The molecule has 132 valence electrons. The Bertz CT molecular complexity index is 831. The molecule has 25 heavy (non-hydrogen) atoms. The minimum absolute atomic E-state index is 0.0308. The van der Waals surface area contributed by atoms with Gasteiger partial charge in [-0.25, -0.2) is 4.98 Å². The number of likely N-dealkylation sites (N-methyl/N-ethyl adjacent to an activating group) is 1. The Balaban J connectivity index is 1.56. The molecular weight excluding hydrogens is 320 g/mol. The van der Waals surface area contributed by atoms with E-state index in [0.717, 1.165) is 16.9 Å². The zero-order chi connectivity index (χ0) is 17.6. The summed E-state index contributed by atoms with van der Waals surface area (Å²) in [6.45, 7) is 3.82. The second-order valence-corrected chi connectivity index (χ2v) is 6.95. The van der Waals surface area contributed by atoms with E-state index in [4.69, 9.17) is 4.74 Å². The monoisotopic (exact) mass is 342 g/mol. The average Bonchev–Trinajstić information content (AvgIpc) is 2.87. The summed E-state index contributed by atoms with van der Waals surface area (Å²) in [5.41, 5.74) is 2.82. The predicted octanol–water partition coefficient (Wildman–Crippen LogP) is 0.501. The Kier molecular flexibility index (Phi) is 3.95. The van der Waals surface area contributed by atoms with Crippen molar-refractivity contribution in [2.45, 2.75) is 19.4 Å². The van der Waals surface area contributed by atoms with Gasteiger partial charge in [0.25, 0.3) is 0 Å². The number of hydrogen-bond donors (Lipinski definition) is 0. The lowest BCUT2D eigenvalue weighted by Gasteiger charge is -2.29. The molecule has 0 unspecified atom stereocenters. The quantitative estimate of drug-likeness (QED) is 0.797. The first-order valence-corrected chi connectivity index (χ1v) is 8.58. The van der Waals surface area contributed by atoms with E-state index in [1.165, 1.54) is 0 Å². The van der Waals surface area contributed by atoms with Crippen LogP contribution in [0, 0.1) is 12.8 Å². The van der Waals surface area contributed by atoms with Crippen molar-refractivity contribution in [3.8, 4) is 0 Å². The summed E-state index contributed by atoms with van der Waals surface area (Å²) in [5.74, 6) is -0.169. The standard InChI is InChI=1S/C18H22N4O3/c1-12-4-3-5-22-14(7-19-17(12)22)6-16(23)21-8-13-10-25-11-15(9-21)20(2)18(13)24/h3-5,7,13,15H,6,8-11H2,1-2H3/t13-,15+/m1/s1. The van der Waals surface area contributed by atoms with Gasteiger partial charge in [0.05, 0.1) is 37.3 Å². The maximum Gasteiger partial charge on any atom is 0.229 e. The van der Waals surface area contributed by atoms with Crippen molar-refractivity contribution in [3.05, 3.63) is 35.8 Å². The normalized spacial score (nSPS) is 23.8. The van der Waals surface area contributed by atoms with Gasteiger partial charge >= 0.3 is 0 Å². The first-order chi connectivity index (χ1) is 12.0. The van der Waals surface area contributed by atoms with Gasteiger partial charge in [-0.2, -0.15) is 0 Å². The Morgan fingerprint density at radius 1 is 1.36 bits per heavy atom. The van der Waals surface area contributed by atoms with E-state index in [9.17, 15) is 9.59 Å². The van der Waals surface area contributed by atoms with Crippen LogP contribution in [-0.2, 0) is 20.7 Å². The van der Waals surface area contributed by atoms with Crippen LogP contribution in [0.15, 0.2) is 24.5 Å².